The van der Waals surface area contributed by atoms with Crippen molar-refractivity contribution in [1.82, 2.24) is 0 Å². The molecule has 0 saturated carbocycles. The summed E-state index contributed by atoms with van der Waals surface area (Å²) >= 11 is 0. The Morgan fingerprint density at radius 2 is 0.455 bits per heavy atom. The molecular weight excluding hydrogens is 492 g/mol. The maximum atomic E-state index is 9.88. The first kappa shape index (κ1) is 29.4. The zero-order valence-corrected chi connectivity index (χ0v) is 20.1. The molecule has 4 aromatic carbocycles. The van der Waals surface area contributed by atoms with Gasteiger partial charge in [0, 0.05) is 0 Å². The van der Waals surface area contributed by atoms with Crippen LogP contribution in [0, 0.1) is 0 Å². The second-order valence-electron chi connectivity index (χ2n) is 5.87. The standard InChI is InChI=1S/4C7H5O.Zr/c4*8-6-7-4-2-1-3-5-7;/h4*1-5H;/q4*-1;+4. The molecule has 5 heteroatoms. The van der Waals surface area contributed by atoms with E-state index in [2.05, 4.69) is 0 Å². The molecule has 0 unspecified atom stereocenters. The van der Waals surface area contributed by atoms with Crippen molar-refractivity contribution in [2.75, 3.05) is 0 Å². The van der Waals surface area contributed by atoms with E-state index >= 15 is 0 Å². The van der Waals surface area contributed by atoms with Gasteiger partial charge in [-0.1, -0.05) is 24.3 Å². The Bertz CT molecular complexity index is 848. The van der Waals surface area contributed by atoms with E-state index in [0.29, 0.717) is 22.3 Å². The second kappa shape index (κ2) is 20.4. The van der Waals surface area contributed by atoms with Gasteiger partial charge in [-0.15, -0.1) is 48.5 Å². The van der Waals surface area contributed by atoms with Crippen LogP contribution in [-0.4, -0.2) is 25.1 Å². The predicted molar refractivity (Wildman–Crippen MR) is 125 cm³/mol. The Morgan fingerprint density at radius 1 is 0.303 bits per heavy atom. The van der Waals surface area contributed by atoms with Crippen molar-refractivity contribution in [3.8, 4) is 0 Å². The topological polar surface area (TPSA) is 68.3 Å². The fourth-order valence-electron chi connectivity index (χ4n) is 2.02. The van der Waals surface area contributed by atoms with Crippen LogP contribution in [0.2, 0.25) is 0 Å². The van der Waals surface area contributed by atoms with Crippen LogP contribution in [0.3, 0.4) is 0 Å². The van der Waals surface area contributed by atoms with E-state index in [4.69, 9.17) is 0 Å². The molecule has 0 heterocycles. The van der Waals surface area contributed by atoms with Crippen molar-refractivity contribution in [3.05, 3.63) is 144 Å². The van der Waals surface area contributed by atoms with Gasteiger partial charge < -0.3 is 19.2 Å². The smallest absolute Gasteiger partial charge is 0.376 e. The molecule has 0 aliphatic rings. The van der Waals surface area contributed by atoms with Gasteiger partial charge in [-0.3, -0.25) is 0 Å². The molecule has 0 radical (unpaired) electrons. The Balaban J connectivity index is 0.000000410. The van der Waals surface area contributed by atoms with E-state index in [-0.39, 0.29) is 26.2 Å². The molecule has 0 saturated heterocycles. The average molecular weight is 512 g/mol. The molecule has 0 aliphatic heterocycles. The van der Waals surface area contributed by atoms with Gasteiger partial charge in [0.2, 0.25) is 0 Å². The van der Waals surface area contributed by atoms with Gasteiger partial charge >= 0.3 is 26.2 Å². The fraction of sp³-hybridized carbons (Fsp3) is 0. The Labute approximate surface area is 213 Å². The summed E-state index contributed by atoms with van der Waals surface area (Å²) in [6.07, 6.45) is 7.11. The normalized spacial score (nSPS) is 8.24. The number of rotatable bonds is 4. The monoisotopic (exact) mass is 510 g/mol. The molecule has 4 rings (SSSR count). The van der Waals surface area contributed by atoms with Gasteiger partial charge in [0.1, 0.15) is 0 Å². The molecular formula is C28H20O4Zr. The molecule has 0 bridgehead atoms. The molecule has 4 aromatic rings. The van der Waals surface area contributed by atoms with Crippen molar-refractivity contribution in [2.45, 2.75) is 0 Å². The molecule has 160 valence electrons. The summed E-state index contributed by atoms with van der Waals surface area (Å²) < 4.78 is 0. The third-order valence-corrected chi connectivity index (χ3v) is 3.57. The number of benzene rings is 4. The maximum Gasteiger partial charge on any atom is 4.00 e. The van der Waals surface area contributed by atoms with Gasteiger partial charge in [-0.2, -0.15) is 70.8 Å². The van der Waals surface area contributed by atoms with Crippen molar-refractivity contribution in [3.63, 3.8) is 0 Å². The summed E-state index contributed by atoms with van der Waals surface area (Å²) in [5.74, 6) is 0. The zero-order valence-electron chi connectivity index (χ0n) is 17.7. The molecule has 4 nitrogen and oxygen atoms in total. The van der Waals surface area contributed by atoms with Crippen LogP contribution in [0.25, 0.3) is 0 Å². The Hall–Kier alpha value is -3.56. The molecule has 0 atom stereocenters. The van der Waals surface area contributed by atoms with Gasteiger partial charge in [-0.05, 0) is 0 Å². The summed E-state index contributed by atoms with van der Waals surface area (Å²) in [7, 11) is 0. The molecule has 0 aromatic heterocycles. The fourth-order valence-corrected chi connectivity index (χ4v) is 2.02. The summed E-state index contributed by atoms with van der Waals surface area (Å²) in [4.78, 5) is 39.5. The van der Waals surface area contributed by atoms with Crippen LogP contribution in [0.4, 0.5) is 0 Å². The molecule has 0 N–H and O–H groups in total. The van der Waals surface area contributed by atoms with E-state index in [9.17, 15) is 19.2 Å². The molecule has 0 amide bonds. The summed E-state index contributed by atoms with van der Waals surface area (Å²) in [5.41, 5.74) is 2.42. The minimum atomic E-state index is 0. The molecule has 0 fully saturated rings. The van der Waals surface area contributed by atoms with Crippen LogP contribution in [0.1, 0.15) is 22.3 Å². The minimum Gasteiger partial charge on any atom is -0.376 e. The maximum absolute atomic E-state index is 9.88. The van der Waals surface area contributed by atoms with Crippen molar-refractivity contribution >= 4 is 25.1 Å². The van der Waals surface area contributed by atoms with Crippen LogP contribution < -0.4 is 0 Å². The molecule has 33 heavy (non-hydrogen) atoms. The summed E-state index contributed by atoms with van der Waals surface area (Å²) in [6.45, 7) is 0. The van der Waals surface area contributed by atoms with E-state index in [1.165, 1.54) is 0 Å². The van der Waals surface area contributed by atoms with Crippen molar-refractivity contribution in [2.24, 2.45) is 0 Å². The number of hydrogen-bond donors (Lipinski definition) is 0. The molecule has 0 spiro atoms. The first-order valence-corrected chi connectivity index (χ1v) is 9.46. The average Bonchev–Trinajstić information content (AvgIpc) is 2.91. The number of carbonyl (C=O) groups excluding carboxylic acids is 4. The van der Waals surface area contributed by atoms with Gasteiger partial charge in [-0.25, -0.2) is 0 Å². The largest absolute Gasteiger partial charge is 4.00 e. The van der Waals surface area contributed by atoms with Gasteiger partial charge in [0.05, 0.1) is 25.1 Å². The summed E-state index contributed by atoms with van der Waals surface area (Å²) in [6, 6.07) is 35.6. The van der Waals surface area contributed by atoms with Crippen LogP contribution in [-0.2, 0) is 45.4 Å². The zero-order chi connectivity index (χ0) is 23.3. The SMILES string of the molecule is O=[C-]c1ccccc1.O=[C-]c1ccccc1.O=[C-]c1ccccc1.O=[C-]c1ccccc1.[Zr+4]. The third kappa shape index (κ3) is 15.0. The summed E-state index contributed by atoms with van der Waals surface area (Å²) in [5, 5.41) is 0. The van der Waals surface area contributed by atoms with Crippen LogP contribution in [0.15, 0.2) is 121 Å². The first-order valence-electron chi connectivity index (χ1n) is 9.46. The van der Waals surface area contributed by atoms with Crippen molar-refractivity contribution in [1.29, 1.82) is 0 Å². The predicted octanol–water partition coefficient (Wildman–Crippen LogP) is 4.58. The van der Waals surface area contributed by atoms with E-state index < -0.39 is 0 Å². The molecule has 0 aliphatic carbocycles. The second-order valence-corrected chi connectivity index (χ2v) is 5.87. The Kier molecular flexibility index (Phi) is 18.2. The number of hydrogen-bond acceptors (Lipinski definition) is 4. The van der Waals surface area contributed by atoms with Crippen LogP contribution in [0.5, 0.6) is 0 Å². The Morgan fingerprint density at radius 3 is 0.545 bits per heavy atom. The van der Waals surface area contributed by atoms with E-state index in [1.54, 1.807) is 122 Å². The van der Waals surface area contributed by atoms with E-state index in [1.807, 2.05) is 24.3 Å². The van der Waals surface area contributed by atoms with Crippen molar-refractivity contribution < 1.29 is 45.4 Å². The first-order chi connectivity index (χ1) is 15.7. The van der Waals surface area contributed by atoms with Gasteiger partial charge in [0.15, 0.2) is 0 Å². The quantitative estimate of drug-likeness (QED) is 0.376. The van der Waals surface area contributed by atoms with Gasteiger partial charge in [0.25, 0.3) is 0 Å². The third-order valence-electron chi connectivity index (χ3n) is 3.57. The van der Waals surface area contributed by atoms with Crippen LogP contribution >= 0.6 is 0 Å². The minimum absolute atomic E-state index is 0. The van der Waals surface area contributed by atoms with E-state index in [0.717, 1.165) is 0 Å².